The molecular weight excluding hydrogens is 1260 g/mol. The summed E-state index contributed by atoms with van der Waals surface area (Å²) in [6.07, 6.45) is 29.7. The van der Waals surface area contributed by atoms with Crippen molar-refractivity contribution in [3.05, 3.63) is 24.3 Å². The Hall–Kier alpha value is -2.79. The summed E-state index contributed by atoms with van der Waals surface area (Å²) in [6, 6.07) is -2.62. The third-order valence-electron chi connectivity index (χ3n) is 19.6. The predicted octanol–water partition coefficient (Wildman–Crippen LogP) is 9.18. The number of unbranched alkanes of at least 4 members (excludes halogenated alkanes) is 38. The lowest BCUT2D eigenvalue weighted by molar-refractivity contribution is -0.386. The van der Waals surface area contributed by atoms with Crippen molar-refractivity contribution < 1.29 is 104 Å². The molecule has 3 saturated heterocycles. The second-order valence-electron chi connectivity index (χ2n) is 28.2. The highest BCUT2D eigenvalue weighted by molar-refractivity contribution is 5.77. The fraction of sp³-hybridized carbons (Fsp3) is 0.907. The van der Waals surface area contributed by atoms with Gasteiger partial charge in [-0.25, -0.2) is 4.79 Å². The van der Waals surface area contributed by atoms with Crippen LogP contribution in [0.5, 0.6) is 0 Å². The number of aliphatic hydroxyl groups excluding tert-OH is 11. The van der Waals surface area contributed by atoms with Crippen LogP contribution in [0, 0.1) is 0 Å². The Balaban J connectivity index is 1.46. The second kappa shape index (κ2) is 54.8. The first-order chi connectivity index (χ1) is 47.4. The highest BCUT2D eigenvalue weighted by atomic mass is 16.8. The molecule has 3 fully saturated rings. The Bertz CT molecular complexity index is 2060. The number of carbonyl (C=O) groups is 3. The van der Waals surface area contributed by atoms with Gasteiger partial charge in [0.05, 0.1) is 50.7 Å². The molecule has 18 atom stereocenters. The SMILES string of the molecule is CCCCCCCCCCCC/C=C/C(O)C(COC1OC(CO)C(OC2OC(CO)C(O)C(OC3(C(=O)O)CC(O)C(NC(C)=O)C(C(O)C(O)CO)O3)C2O)C(O)C1O)NC(=O)CCCCCCCCCCCCCCCCCC/C=C\CCCCCCCCCCCCCC. The minimum absolute atomic E-state index is 0.203. The maximum Gasteiger partial charge on any atom is 0.364 e. The molecule has 0 saturated carbocycles. The number of carboxylic acid groups (broad SMARTS) is 1. The van der Waals surface area contributed by atoms with Gasteiger partial charge in [0.1, 0.15) is 67.1 Å². The summed E-state index contributed by atoms with van der Waals surface area (Å²) in [4.78, 5) is 38.6. The van der Waals surface area contributed by atoms with E-state index in [1.54, 1.807) is 6.08 Å². The Kier molecular flexibility index (Phi) is 50.0. The van der Waals surface area contributed by atoms with Crippen LogP contribution in [0.4, 0.5) is 0 Å². The van der Waals surface area contributed by atoms with Crippen LogP contribution in [0.2, 0.25) is 0 Å². The third kappa shape index (κ3) is 35.6. The van der Waals surface area contributed by atoms with Crippen LogP contribution >= 0.6 is 0 Å². The largest absolute Gasteiger partial charge is 0.477 e. The fourth-order valence-electron chi connectivity index (χ4n) is 13.5. The second-order valence-corrected chi connectivity index (χ2v) is 28.2. The van der Waals surface area contributed by atoms with Gasteiger partial charge in [0.25, 0.3) is 5.79 Å². The Morgan fingerprint density at radius 3 is 1.39 bits per heavy atom. The Morgan fingerprint density at radius 1 is 0.531 bits per heavy atom. The molecule has 0 aromatic rings. The molecule has 0 radical (unpaired) electrons. The number of carboxylic acids is 1. The molecule has 0 aromatic carbocycles. The van der Waals surface area contributed by atoms with Gasteiger partial charge in [0.15, 0.2) is 12.6 Å². The van der Waals surface area contributed by atoms with E-state index in [1.165, 1.54) is 205 Å². The number of allylic oxidation sites excluding steroid dienone is 3. The molecule has 0 bridgehead atoms. The molecule has 3 heterocycles. The van der Waals surface area contributed by atoms with E-state index in [2.05, 4.69) is 36.6 Å². The van der Waals surface area contributed by atoms with Gasteiger partial charge >= 0.3 is 5.97 Å². The normalized spacial score (nSPS) is 27.3. The lowest BCUT2D eigenvalue weighted by atomic mass is 9.88. The van der Waals surface area contributed by atoms with E-state index >= 15 is 0 Å². The number of aliphatic hydroxyl groups is 11. The van der Waals surface area contributed by atoms with Gasteiger partial charge in [-0.3, -0.25) is 9.59 Å². The third-order valence-corrected chi connectivity index (χ3v) is 19.6. The van der Waals surface area contributed by atoms with E-state index in [9.17, 15) is 75.7 Å². The highest BCUT2D eigenvalue weighted by Crippen LogP contribution is 2.39. The number of hydrogen-bond acceptors (Lipinski definition) is 20. The molecule has 23 nitrogen and oxygen atoms in total. The van der Waals surface area contributed by atoms with Crippen molar-refractivity contribution in [2.24, 2.45) is 0 Å². The minimum atomic E-state index is -3.08. The predicted molar refractivity (Wildman–Crippen MR) is 375 cm³/mol. The average Bonchev–Trinajstić information content (AvgIpc) is 0.754. The van der Waals surface area contributed by atoms with E-state index in [-0.39, 0.29) is 12.3 Å². The summed E-state index contributed by atoms with van der Waals surface area (Å²) in [7, 11) is 0. The van der Waals surface area contributed by atoms with Crippen LogP contribution in [0.15, 0.2) is 24.3 Å². The Morgan fingerprint density at radius 2 is 0.959 bits per heavy atom. The maximum absolute atomic E-state index is 13.5. The Labute approximate surface area is 587 Å². The number of rotatable bonds is 60. The number of aliphatic carboxylic acids is 1. The summed E-state index contributed by atoms with van der Waals surface area (Å²) in [5.74, 6) is -6.14. The number of carbonyl (C=O) groups excluding carboxylic acids is 2. The monoisotopic (exact) mass is 1400 g/mol. The fourth-order valence-corrected chi connectivity index (χ4v) is 13.5. The molecule has 14 N–H and O–H groups in total. The number of amides is 2. The lowest BCUT2D eigenvalue weighted by Gasteiger charge is -2.50. The van der Waals surface area contributed by atoms with Crippen molar-refractivity contribution in [3.63, 3.8) is 0 Å². The van der Waals surface area contributed by atoms with Crippen LogP contribution in [0.1, 0.15) is 297 Å². The smallest absolute Gasteiger partial charge is 0.364 e. The molecule has 0 aliphatic carbocycles. The van der Waals surface area contributed by atoms with Gasteiger partial charge in [0.2, 0.25) is 11.8 Å². The van der Waals surface area contributed by atoms with Crippen molar-refractivity contribution >= 4 is 17.8 Å². The van der Waals surface area contributed by atoms with Crippen molar-refractivity contribution in [1.29, 1.82) is 0 Å². The molecule has 3 rings (SSSR count). The van der Waals surface area contributed by atoms with Crippen molar-refractivity contribution in [2.45, 2.75) is 407 Å². The van der Waals surface area contributed by atoms with E-state index in [4.69, 9.17) is 28.4 Å². The molecule has 2 amide bonds. The minimum Gasteiger partial charge on any atom is -0.477 e. The molecule has 23 heteroatoms. The van der Waals surface area contributed by atoms with E-state index in [0.717, 1.165) is 51.9 Å². The molecule has 98 heavy (non-hydrogen) atoms. The standard InChI is InChI=1S/C75H138N2O21/c1-4-6-8-10-12-14-16-18-19-20-21-22-23-24-25-26-27-28-29-30-31-32-33-34-35-36-37-39-41-43-45-47-49-62(85)77-56(57(82)48-46-44-42-40-38-17-15-13-11-9-7-5-2)54-93-72-67(89)66(88)69(61(53-80)95-72)96-73-68(90)71(65(87)60(52-79)94-73)98-75(74(91)92)50-58(83)63(76-55(3)81)70(97-75)64(86)59(84)51-78/h24-25,46,48,56-61,63-73,78-80,82-84,86-90H,4-23,26-45,47,49-54H2,1-3H3,(H,76,81)(H,77,85)(H,91,92)/b25-24-,48-46+. The zero-order valence-electron chi connectivity index (χ0n) is 60.4. The highest BCUT2D eigenvalue weighted by Gasteiger charge is 2.60. The van der Waals surface area contributed by atoms with Crippen molar-refractivity contribution in [3.8, 4) is 0 Å². The van der Waals surface area contributed by atoms with E-state index < -0.39 is 155 Å². The first-order valence-electron chi connectivity index (χ1n) is 38.7. The van der Waals surface area contributed by atoms with E-state index in [0.29, 0.717) is 12.8 Å². The van der Waals surface area contributed by atoms with Gasteiger partial charge < -0.3 is 100 Å². The number of nitrogens with one attached hydrogen (secondary N) is 2. The summed E-state index contributed by atoms with van der Waals surface area (Å²) in [6.45, 7) is 2.14. The molecule has 574 valence electrons. The lowest BCUT2D eigenvalue weighted by Crippen LogP contribution is -2.70. The van der Waals surface area contributed by atoms with Gasteiger partial charge in [0, 0.05) is 19.8 Å². The zero-order valence-corrected chi connectivity index (χ0v) is 60.4. The van der Waals surface area contributed by atoms with Crippen LogP contribution in [-0.2, 0) is 42.8 Å². The van der Waals surface area contributed by atoms with Crippen LogP contribution in [0.3, 0.4) is 0 Å². The van der Waals surface area contributed by atoms with Gasteiger partial charge in [-0.15, -0.1) is 0 Å². The topological polar surface area (TPSA) is 373 Å². The van der Waals surface area contributed by atoms with Gasteiger partial charge in [-0.05, 0) is 44.9 Å². The summed E-state index contributed by atoms with van der Waals surface area (Å²) in [5, 5.41) is 136. The first kappa shape index (κ1) is 89.4. The molecule has 18 unspecified atom stereocenters. The molecule has 0 aromatic heterocycles. The van der Waals surface area contributed by atoms with Crippen molar-refractivity contribution in [2.75, 3.05) is 26.4 Å². The maximum atomic E-state index is 13.5. The molecule has 3 aliphatic heterocycles. The van der Waals surface area contributed by atoms with Crippen LogP contribution in [-0.4, -0.2) is 215 Å². The van der Waals surface area contributed by atoms with Crippen LogP contribution in [0.25, 0.3) is 0 Å². The van der Waals surface area contributed by atoms with E-state index in [1.807, 2.05) is 6.08 Å². The van der Waals surface area contributed by atoms with Crippen LogP contribution < -0.4 is 10.6 Å². The first-order valence-corrected chi connectivity index (χ1v) is 38.7. The molecule has 3 aliphatic rings. The molecule has 0 spiro atoms. The molecular formula is C75H138N2O21. The average molecular weight is 1400 g/mol. The quantitative estimate of drug-likeness (QED) is 0.0199. The summed E-state index contributed by atoms with van der Waals surface area (Å²) in [5.41, 5.74) is 0. The zero-order chi connectivity index (χ0) is 71.8. The van der Waals surface area contributed by atoms with Gasteiger partial charge in [-0.1, -0.05) is 256 Å². The number of hydrogen-bond donors (Lipinski definition) is 14. The van der Waals surface area contributed by atoms with Gasteiger partial charge in [-0.2, -0.15) is 0 Å². The number of ether oxygens (including phenoxy) is 6. The summed E-state index contributed by atoms with van der Waals surface area (Å²) < 4.78 is 34.8. The summed E-state index contributed by atoms with van der Waals surface area (Å²) >= 11 is 0. The van der Waals surface area contributed by atoms with Crippen molar-refractivity contribution in [1.82, 2.24) is 10.6 Å².